The second-order valence-corrected chi connectivity index (χ2v) is 4.12. The fourth-order valence-electron chi connectivity index (χ4n) is 1.54. The molecule has 0 radical (unpaired) electrons. The van der Waals surface area contributed by atoms with Gasteiger partial charge in [0.1, 0.15) is 0 Å². The number of thiol groups is 1. The van der Waals surface area contributed by atoms with E-state index in [0.717, 1.165) is 31.6 Å². The monoisotopic (exact) mass is 177 g/mol. The average Bonchev–Trinajstić information content (AvgIpc) is 1.93. The zero-order chi connectivity index (χ0) is 8.27. The molecule has 3 nitrogen and oxygen atoms in total. The van der Waals surface area contributed by atoms with E-state index in [1.54, 1.807) is 0 Å². The van der Waals surface area contributed by atoms with E-state index in [4.69, 9.17) is 0 Å². The maximum Gasteiger partial charge on any atom is 0.201 e. The van der Waals surface area contributed by atoms with Crippen molar-refractivity contribution in [1.82, 2.24) is 4.72 Å². The summed E-state index contributed by atoms with van der Waals surface area (Å²) in [4.78, 5) is 0. The van der Waals surface area contributed by atoms with Crippen LogP contribution in [0.5, 0.6) is 0 Å². The Balaban J connectivity index is 2.28. The van der Waals surface area contributed by atoms with Crippen LogP contribution in [0.15, 0.2) is 0 Å². The lowest BCUT2D eigenvalue weighted by Gasteiger charge is -2.24. The lowest BCUT2D eigenvalue weighted by Crippen LogP contribution is -2.31. The Morgan fingerprint density at radius 1 is 1.18 bits per heavy atom. The van der Waals surface area contributed by atoms with Crippen LogP contribution < -0.4 is 4.72 Å². The average molecular weight is 177 g/mol. The standard InChI is InChI=1S/C7H15NO2S/c1-6-2-4-7(5-3-6)8-11(9)10/h6-7,11H,2-5H2,1H3,(H,8,9,10). The SMILES string of the molecule is CC1CCC(N[SH](=O)=O)CC1. The molecule has 66 valence electrons. The van der Waals surface area contributed by atoms with E-state index in [1.807, 2.05) is 0 Å². The lowest BCUT2D eigenvalue weighted by molar-refractivity contribution is 0.333. The molecule has 4 heteroatoms. The third kappa shape index (κ3) is 3.20. The zero-order valence-electron chi connectivity index (χ0n) is 6.75. The molecule has 0 aromatic rings. The normalized spacial score (nSPS) is 32.5. The van der Waals surface area contributed by atoms with Gasteiger partial charge in [-0.05, 0) is 31.6 Å². The van der Waals surface area contributed by atoms with Crippen LogP contribution in [0.25, 0.3) is 0 Å². The van der Waals surface area contributed by atoms with Gasteiger partial charge in [-0.2, -0.15) is 0 Å². The van der Waals surface area contributed by atoms with Crippen molar-refractivity contribution in [2.75, 3.05) is 0 Å². The summed E-state index contributed by atoms with van der Waals surface area (Å²) in [5, 5.41) is 0. The summed E-state index contributed by atoms with van der Waals surface area (Å²) in [6.45, 7) is 2.22. The van der Waals surface area contributed by atoms with Crippen molar-refractivity contribution < 1.29 is 8.42 Å². The second kappa shape index (κ2) is 4.07. The van der Waals surface area contributed by atoms with Crippen molar-refractivity contribution >= 4 is 10.9 Å². The van der Waals surface area contributed by atoms with Crippen LogP contribution in [0.1, 0.15) is 32.6 Å². The molecule has 11 heavy (non-hydrogen) atoms. The number of hydrogen-bond acceptors (Lipinski definition) is 2. The van der Waals surface area contributed by atoms with Gasteiger partial charge in [0, 0.05) is 6.04 Å². The van der Waals surface area contributed by atoms with Gasteiger partial charge in [0.15, 0.2) is 0 Å². The highest BCUT2D eigenvalue weighted by atomic mass is 32.2. The van der Waals surface area contributed by atoms with E-state index in [-0.39, 0.29) is 6.04 Å². The van der Waals surface area contributed by atoms with Crippen LogP contribution in [0.2, 0.25) is 0 Å². The summed E-state index contributed by atoms with van der Waals surface area (Å²) >= 11 is 0. The van der Waals surface area contributed by atoms with Crippen molar-refractivity contribution in [3.05, 3.63) is 0 Å². The minimum Gasteiger partial charge on any atom is -0.216 e. The van der Waals surface area contributed by atoms with Crippen molar-refractivity contribution in [2.45, 2.75) is 38.6 Å². The molecule has 0 unspecified atom stereocenters. The Morgan fingerprint density at radius 2 is 1.73 bits per heavy atom. The van der Waals surface area contributed by atoms with Gasteiger partial charge in [-0.25, -0.2) is 13.1 Å². The number of hydrogen-bond donors (Lipinski definition) is 2. The smallest absolute Gasteiger partial charge is 0.201 e. The largest absolute Gasteiger partial charge is 0.216 e. The molecule has 0 aromatic heterocycles. The summed E-state index contributed by atoms with van der Waals surface area (Å²) in [6, 6.07) is 0.215. The molecular weight excluding hydrogens is 162 g/mol. The van der Waals surface area contributed by atoms with Crippen molar-refractivity contribution in [3.63, 3.8) is 0 Å². The van der Waals surface area contributed by atoms with Crippen LogP contribution in [0, 0.1) is 5.92 Å². The first-order valence-electron chi connectivity index (χ1n) is 4.09. The third-order valence-corrected chi connectivity index (χ3v) is 2.88. The molecule has 1 N–H and O–H groups in total. The Hall–Kier alpha value is -0.0900. The molecule has 0 atom stereocenters. The summed E-state index contributed by atoms with van der Waals surface area (Å²) in [6.07, 6.45) is 4.32. The highest BCUT2D eigenvalue weighted by Gasteiger charge is 2.17. The van der Waals surface area contributed by atoms with Crippen LogP contribution in [0.4, 0.5) is 0 Å². The topological polar surface area (TPSA) is 46.2 Å². The van der Waals surface area contributed by atoms with Gasteiger partial charge < -0.3 is 0 Å². The fourth-order valence-corrected chi connectivity index (χ4v) is 2.09. The quantitative estimate of drug-likeness (QED) is 0.609. The van der Waals surface area contributed by atoms with Gasteiger partial charge in [0.2, 0.25) is 10.9 Å². The van der Waals surface area contributed by atoms with Gasteiger partial charge in [0.05, 0.1) is 0 Å². The van der Waals surface area contributed by atoms with Crippen molar-refractivity contribution in [3.8, 4) is 0 Å². The Labute approximate surface area is 69.3 Å². The highest BCUT2D eigenvalue weighted by Crippen LogP contribution is 2.23. The van der Waals surface area contributed by atoms with E-state index in [0.29, 0.717) is 0 Å². The first-order chi connectivity index (χ1) is 5.18. The van der Waals surface area contributed by atoms with Gasteiger partial charge >= 0.3 is 0 Å². The molecule has 0 spiro atoms. The maximum atomic E-state index is 10.3. The first-order valence-corrected chi connectivity index (χ1v) is 5.27. The van der Waals surface area contributed by atoms with Gasteiger partial charge in [-0.15, -0.1) is 0 Å². The van der Waals surface area contributed by atoms with E-state index in [1.165, 1.54) is 0 Å². The molecule has 0 bridgehead atoms. The number of nitrogens with one attached hydrogen (secondary N) is 1. The van der Waals surface area contributed by atoms with E-state index < -0.39 is 10.9 Å². The maximum absolute atomic E-state index is 10.3. The molecule has 0 heterocycles. The molecule has 1 aliphatic carbocycles. The number of rotatable bonds is 2. The fraction of sp³-hybridized carbons (Fsp3) is 1.00. The molecule has 0 aliphatic heterocycles. The summed E-state index contributed by atoms with van der Waals surface area (Å²) in [5.41, 5.74) is 0. The molecule has 1 fully saturated rings. The predicted octanol–water partition coefficient (Wildman–Crippen LogP) is 0.681. The van der Waals surface area contributed by atoms with Crippen LogP contribution in [0.3, 0.4) is 0 Å². The van der Waals surface area contributed by atoms with E-state index in [2.05, 4.69) is 11.6 Å². The third-order valence-electron chi connectivity index (χ3n) is 2.30. The molecule has 1 aliphatic rings. The molecule has 0 aromatic carbocycles. The minimum absolute atomic E-state index is 0.215. The van der Waals surface area contributed by atoms with Crippen molar-refractivity contribution in [1.29, 1.82) is 0 Å². The van der Waals surface area contributed by atoms with Crippen LogP contribution in [-0.4, -0.2) is 14.5 Å². The molecule has 0 saturated heterocycles. The molecule has 1 rings (SSSR count). The van der Waals surface area contributed by atoms with E-state index in [9.17, 15) is 8.42 Å². The van der Waals surface area contributed by atoms with Gasteiger partial charge in [-0.1, -0.05) is 6.92 Å². The predicted molar refractivity (Wildman–Crippen MR) is 44.9 cm³/mol. The molecule has 1 saturated carbocycles. The second-order valence-electron chi connectivity index (χ2n) is 3.34. The lowest BCUT2D eigenvalue weighted by atomic mass is 9.88. The minimum atomic E-state index is -2.39. The molecular formula is C7H15NO2S. The van der Waals surface area contributed by atoms with Gasteiger partial charge in [-0.3, -0.25) is 0 Å². The Morgan fingerprint density at radius 3 is 2.18 bits per heavy atom. The Bertz CT molecular complexity index is 175. The van der Waals surface area contributed by atoms with Gasteiger partial charge in [0.25, 0.3) is 0 Å². The van der Waals surface area contributed by atoms with E-state index >= 15 is 0 Å². The zero-order valence-corrected chi connectivity index (χ0v) is 7.64. The summed E-state index contributed by atoms with van der Waals surface area (Å²) in [5.74, 6) is 0.776. The summed E-state index contributed by atoms with van der Waals surface area (Å²) in [7, 11) is -2.39. The van der Waals surface area contributed by atoms with Crippen LogP contribution >= 0.6 is 0 Å². The van der Waals surface area contributed by atoms with Crippen LogP contribution in [-0.2, 0) is 10.9 Å². The van der Waals surface area contributed by atoms with Crippen molar-refractivity contribution in [2.24, 2.45) is 5.92 Å². The molecule has 0 amide bonds. The Kier molecular flexibility index (Phi) is 3.33. The first kappa shape index (κ1) is 9.00. The summed E-state index contributed by atoms with van der Waals surface area (Å²) < 4.78 is 23.1. The highest BCUT2D eigenvalue weighted by molar-refractivity contribution is 7.70.